The first kappa shape index (κ1) is 16.0. The summed E-state index contributed by atoms with van der Waals surface area (Å²) in [5, 5.41) is 7.79. The molecule has 116 valence electrons. The van der Waals surface area contributed by atoms with Crippen LogP contribution in [0.4, 0.5) is 11.4 Å². The molecule has 0 aliphatic heterocycles. The smallest absolute Gasteiger partial charge is 0.328 e. The lowest BCUT2D eigenvalue weighted by atomic mass is 10.2. The number of carbonyl (C=O) groups excluding carboxylic acids is 2. The molecule has 1 heterocycles. The highest BCUT2D eigenvalue weighted by molar-refractivity contribution is 7.12. The zero-order valence-corrected chi connectivity index (χ0v) is 13.3. The molecular weight excluding hydrogens is 300 g/mol. The van der Waals surface area contributed by atoms with E-state index in [2.05, 4.69) is 10.6 Å². The summed E-state index contributed by atoms with van der Waals surface area (Å²) in [5.74, 6) is -0.422. The molecule has 0 radical (unpaired) electrons. The number of anilines is 2. The Balaban J connectivity index is 1.98. The van der Waals surface area contributed by atoms with Crippen molar-refractivity contribution in [3.8, 4) is 0 Å². The summed E-state index contributed by atoms with van der Waals surface area (Å²) >= 11 is 1.39. The largest absolute Gasteiger partial charge is 0.467 e. The normalized spacial score (nSPS) is 11.5. The Hall–Kier alpha value is -2.34. The first-order valence-corrected chi connectivity index (χ1v) is 7.81. The average Bonchev–Trinajstić information content (AvgIpc) is 3.08. The summed E-state index contributed by atoms with van der Waals surface area (Å²) in [6.07, 6.45) is 0.629. The Morgan fingerprint density at radius 1 is 1.18 bits per heavy atom. The van der Waals surface area contributed by atoms with Gasteiger partial charge in [-0.05, 0) is 42.1 Å². The summed E-state index contributed by atoms with van der Waals surface area (Å²) in [6, 6.07) is 10.4. The topological polar surface area (TPSA) is 67.4 Å². The fourth-order valence-corrected chi connectivity index (χ4v) is 2.54. The lowest BCUT2D eigenvalue weighted by molar-refractivity contribution is -0.141. The van der Waals surface area contributed by atoms with Crippen molar-refractivity contribution in [3.05, 3.63) is 46.7 Å². The van der Waals surface area contributed by atoms with E-state index in [4.69, 9.17) is 4.74 Å². The lowest BCUT2D eigenvalue weighted by Crippen LogP contribution is -2.29. The molecule has 1 amide bonds. The van der Waals surface area contributed by atoms with E-state index in [-0.39, 0.29) is 17.9 Å². The third-order valence-corrected chi connectivity index (χ3v) is 3.99. The maximum absolute atomic E-state index is 11.9. The molecule has 0 fully saturated rings. The van der Waals surface area contributed by atoms with E-state index in [1.807, 2.05) is 30.5 Å². The summed E-state index contributed by atoms with van der Waals surface area (Å²) in [4.78, 5) is 24.2. The molecule has 6 heteroatoms. The molecule has 0 spiro atoms. The van der Waals surface area contributed by atoms with Gasteiger partial charge in [-0.15, -0.1) is 11.3 Å². The fraction of sp³-hybridized carbons (Fsp3) is 0.250. The molecule has 0 aliphatic carbocycles. The van der Waals surface area contributed by atoms with E-state index in [9.17, 15) is 9.59 Å². The van der Waals surface area contributed by atoms with E-state index in [1.54, 1.807) is 18.2 Å². The van der Waals surface area contributed by atoms with Gasteiger partial charge in [-0.25, -0.2) is 4.79 Å². The van der Waals surface area contributed by atoms with Gasteiger partial charge in [-0.3, -0.25) is 4.79 Å². The minimum atomic E-state index is -0.378. The van der Waals surface area contributed by atoms with Gasteiger partial charge in [-0.2, -0.15) is 0 Å². The van der Waals surface area contributed by atoms with Crippen LogP contribution in [0.3, 0.4) is 0 Å². The van der Waals surface area contributed by atoms with Crippen LogP contribution in [0.2, 0.25) is 0 Å². The number of thiophene rings is 1. The SMILES string of the molecule is CC[C@H](Nc1ccc(NC(=O)c2cccs2)cc1)C(=O)OC. The van der Waals surface area contributed by atoms with E-state index in [0.29, 0.717) is 17.0 Å². The first-order chi connectivity index (χ1) is 10.6. The van der Waals surface area contributed by atoms with Crippen LogP contribution in [0, 0.1) is 0 Å². The number of nitrogens with one attached hydrogen (secondary N) is 2. The molecule has 0 bridgehead atoms. The van der Waals surface area contributed by atoms with Crippen molar-refractivity contribution in [3.63, 3.8) is 0 Å². The Bertz CT molecular complexity index is 623. The van der Waals surface area contributed by atoms with Crippen molar-refractivity contribution in [2.24, 2.45) is 0 Å². The van der Waals surface area contributed by atoms with E-state index < -0.39 is 0 Å². The third-order valence-electron chi connectivity index (χ3n) is 3.12. The lowest BCUT2D eigenvalue weighted by Gasteiger charge is -2.16. The number of carbonyl (C=O) groups is 2. The molecular formula is C16H18N2O3S. The summed E-state index contributed by atoms with van der Waals surface area (Å²) in [7, 11) is 1.37. The molecule has 5 nitrogen and oxygen atoms in total. The second-order valence-corrected chi connectivity index (χ2v) is 5.58. The molecule has 0 saturated heterocycles. The molecule has 0 saturated carbocycles. The second kappa shape index (κ2) is 7.61. The Kier molecular flexibility index (Phi) is 5.55. The number of amides is 1. The van der Waals surface area contributed by atoms with Crippen LogP contribution in [0.25, 0.3) is 0 Å². The highest BCUT2D eigenvalue weighted by atomic mass is 32.1. The third kappa shape index (κ3) is 4.08. The maximum atomic E-state index is 11.9. The second-order valence-electron chi connectivity index (χ2n) is 4.64. The maximum Gasteiger partial charge on any atom is 0.328 e. The van der Waals surface area contributed by atoms with Crippen molar-refractivity contribution in [2.45, 2.75) is 19.4 Å². The first-order valence-electron chi connectivity index (χ1n) is 6.93. The van der Waals surface area contributed by atoms with Gasteiger partial charge in [0.1, 0.15) is 6.04 Å². The average molecular weight is 318 g/mol. The van der Waals surface area contributed by atoms with Crippen molar-refractivity contribution < 1.29 is 14.3 Å². The summed E-state index contributed by atoms with van der Waals surface area (Å²) in [6.45, 7) is 1.91. The number of esters is 1. The van der Waals surface area contributed by atoms with Gasteiger partial charge in [0.2, 0.25) is 0 Å². The van der Waals surface area contributed by atoms with E-state index >= 15 is 0 Å². The van der Waals surface area contributed by atoms with Crippen molar-refractivity contribution in [1.29, 1.82) is 0 Å². The van der Waals surface area contributed by atoms with E-state index in [1.165, 1.54) is 18.4 Å². The molecule has 1 atom stereocenters. The van der Waals surface area contributed by atoms with Crippen LogP contribution in [0.15, 0.2) is 41.8 Å². The van der Waals surface area contributed by atoms with Crippen molar-refractivity contribution in [1.82, 2.24) is 0 Å². The van der Waals surface area contributed by atoms with Crippen LogP contribution < -0.4 is 10.6 Å². The quantitative estimate of drug-likeness (QED) is 0.801. The summed E-state index contributed by atoms with van der Waals surface area (Å²) < 4.78 is 4.74. The Morgan fingerprint density at radius 2 is 1.86 bits per heavy atom. The fourth-order valence-electron chi connectivity index (χ4n) is 1.92. The van der Waals surface area contributed by atoms with Gasteiger partial charge < -0.3 is 15.4 Å². The van der Waals surface area contributed by atoms with Crippen LogP contribution in [-0.2, 0) is 9.53 Å². The molecule has 2 rings (SSSR count). The minimum Gasteiger partial charge on any atom is -0.467 e. The minimum absolute atomic E-state index is 0.128. The molecule has 0 unspecified atom stereocenters. The van der Waals surface area contributed by atoms with Crippen molar-refractivity contribution in [2.75, 3.05) is 17.7 Å². The van der Waals surface area contributed by atoms with Crippen LogP contribution in [-0.4, -0.2) is 25.0 Å². The highest BCUT2D eigenvalue weighted by Crippen LogP contribution is 2.17. The molecule has 0 aliphatic rings. The van der Waals surface area contributed by atoms with Crippen molar-refractivity contribution >= 4 is 34.6 Å². The van der Waals surface area contributed by atoms with Gasteiger partial charge in [0.15, 0.2) is 0 Å². The van der Waals surface area contributed by atoms with Gasteiger partial charge in [0, 0.05) is 11.4 Å². The van der Waals surface area contributed by atoms with Gasteiger partial charge in [-0.1, -0.05) is 13.0 Å². The summed E-state index contributed by atoms with van der Waals surface area (Å²) in [5.41, 5.74) is 1.50. The van der Waals surface area contributed by atoms with E-state index in [0.717, 1.165) is 5.69 Å². The van der Waals surface area contributed by atoms with Crippen LogP contribution in [0.1, 0.15) is 23.0 Å². The zero-order chi connectivity index (χ0) is 15.9. The molecule has 22 heavy (non-hydrogen) atoms. The van der Waals surface area contributed by atoms with Gasteiger partial charge in [0.25, 0.3) is 5.91 Å². The molecule has 1 aromatic carbocycles. The standard InChI is InChI=1S/C16H18N2O3S/c1-3-13(16(20)21-2)17-11-6-8-12(9-7-11)18-15(19)14-5-4-10-22-14/h4-10,13,17H,3H2,1-2H3,(H,18,19)/t13-/m0/s1. The Morgan fingerprint density at radius 3 is 2.41 bits per heavy atom. The predicted molar refractivity (Wildman–Crippen MR) is 88.4 cm³/mol. The van der Waals surface area contributed by atoms with Gasteiger partial charge >= 0.3 is 5.97 Å². The predicted octanol–water partition coefficient (Wildman–Crippen LogP) is 3.36. The molecule has 2 N–H and O–H groups in total. The number of rotatable bonds is 6. The van der Waals surface area contributed by atoms with Crippen LogP contribution in [0.5, 0.6) is 0 Å². The number of ether oxygens (including phenoxy) is 1. The zero-order valence-electron chi connectivity index (χ0n) is 12.5. The highest BCUT2D eigenvalue weighted by Gasteiger charge is 2.16. The number of benzene rings is 1. The molecule has 2 aromatic rings. The number of hydrogen-bond donors (Lipinski definition) is 2. The number of methoxy groups -OCH3 is 1. The Labute approximate surface area is 133 Å². The molecule has 1 aromatic heterocycles. The monoisotopic (exact) mass is 318 g/mol. The van der Waals surface area contributed by atoms with Gasteiger partial charge in [0.05, 0.1) is 12.0 Å². The number of hydrogen-bond acceptors (Lipinski definition) is 5. The van der Waals surface area contributed by atoms with Crippen LogP contribution >= 0.6 is 11.3 Å².